The van der Waals surface area contributed by atoms with Crippen molar-refractivity contribution in [3.05, 3.63) is 77.7 Å². The summed E-state index contributed by atoms with van der Waals surface area (Å²) >= 11 is 0. The van der Waals surface area contributed by atoms with Gasteiger partial charge in [-0.15, -0.1) is 0 Å². The molecule has 2 atom stereocenters. The second kappa shape index (κ2) is 8.70. The molecule has 1 aliphatic carbocycles. The summed E-state index contributed by atoms with van der Waals surface area (Å²) in [6.45, 7) is 2.49. The minimum Gasteiger partial charge on any atom is -0.495 e. The lowest BCUT2D eigenvalue weighted by Crippen LogP contribution is -2.26. The molecule has 1 saturated carbocycles. The molecule has 3 aromatic rings. The number of carbonyl (C=O) groups is 1. The second-order valence-corrected chi connectivity index (χ2v) is 9.80. The van der Waals surface area contributed by atoms with Crippen LogP contribution in [-0.4, -0.2) is 33.4 Å². The molecule has 1 amide bonds. The first-order valence-electron chi connectivity index (χ1n) is 10.4. The Hall–Kier alpha value is -3.26. The predicted octanol–water partition coefficient (Wildman–Crippen LogP) is 4.48. The molecule has 0 unspecified atom stereocenters. The maximum Gasteiger partial charge on any atom is 0.262 e. The molecule has 0 aliphatic heterocycles. The van der Waals surface area contributed by atoms with Gasteiger partial charge >= 0.3 is 0 Å². The Balaban J connectivity index is 1.48. The third kappa shape index (κ3) is 4.65. The maximum atomic E-state index is 12.9. The Bertz CT molecular complexity index is 1230. The van der Waals surface area contributed by atoms with E-state index in [-0.39, 0.29) is 16.4 Å². The molecule has 168 valence electrons. The average Bonchev–Trinajstić information content (AvgIpc) is 3.34. The number of hydrogen-bond donors (Lipinski definition) is 1. The van der Waals surface area contributed by atoms with E-state index in [1.54, 1.807) is 43.4 Å². The van der Waals surface area contributed by atoms with Gasteiger partial charge in [0.05, 0.1) is 24.2 Å². The van der Waals surface area contributed by atoms with Crippen molar-refractivity contribution in [3.63, 3.8) is 0 Å². The smallest absolute Gasteiger partial charge is 0.262 e. The molecule has 0 saturated heterocycles. The van der Waals surface area contributed by atoms with Crippen LogP contribution in [0.3, 0.4) is 0 Å². The molecule has 1 heterocycles. The van der Waals surface area contributed by atoms with Gasteiger partial charge in [0.15, 0.2) is 0 Å². The van der Waals surface area contributed by atoms with Crippen LogP contribution in [-0.2, 0) is 16.6 Å². The van der Waals surface area contributed by atoms with Crippen LogP contribution >= 0.6 is 0 Å². The maximum absolute atomic E-state index is 12.9. The first kappa shape index (κ1) is 22.0. The molecule has 0 spiro atoms. The molecule has 4 rings (SSSR count). The van der Waals surface area contributed by atoms with Gasteiger partial charge < -0.3 is 14.1 Å². The number of para-hydroxylation sites is 2. The summed E-state index contributed by atoms with van der Waals surface area (Å²) in [5, 5.41) is 0. The number of nitrogens with one attached hydrogen (secondary N) is 1. The fraction of sp³-hybridized carbons (Fsp3) is 0.292. The van der Waals surface area contributed by atoms with E-state index < -0.39 is 10.0 Å². The summed E-state index contributed by atoms with van der Waals surface area (Å²) in [6, 6.07) is 16.6. The number of carbonyl (C=O) groups excluding carboxylic acids is 1. The highest BCUT2D eigenvalue weighted by Gasteiger charge is 2.36. The van der Waals surface area contributed by atoms with E-state index >= 15 is 0 Å². The van der Waals surface area contributed by atoms with Crippen LogP contribution in [0, 0.1) is 5.92 Å². The Morgan fingerprint density at radius 2 is 1.91 bits per heavy atom. The first-order valence-corrected chi connectivity index (χ1v) is 11.9. The van der Waals surface area contributed by atoms with Crippen LogP contribution in [0.4, 0.5) is 5.69 Å². The largest absolute Gasteiger partial charge is 0.495 e. The van der Waals surface area contributed by atoms with E-state index in [2.05, 4.69) is 11.6 Å². The Morgan fingerprint density at radius 3 is 2.62 bits per heavy atom. The lowest BCUT2D eigenvalue weighted by molar-refractivity contribution is 0.0774. The quantitative estimate of drug-likeness (QED) is 0.542. The Morgan fingerprint density at radius 1 is 1.16 bits per heavy atom. The number of rotatable bonds is 8. The van der Waals surface area contributed by atoms with Gasteiger partial charge in [-0.05, 0) is 54.8 Å². The lowest BCUT2D eigenvalue weighted by Gasteiger charge is -2.17. The van der Waals surface area contributed by atoms with Gasteiger partial charge in [-0.1, -0.05) is 25.1 Å². The van der Waals surface area contributed by atoms with Gasteiger partial charge in [0.2, 0.25) is 0 Å². The number of anilines is 1. The summed E-state index contributed by atoms with van der Waals surface area (Å²) in [5.74, 6) is 2.89. The van der Waals surface area contributed by atoms with E-state index in [0.717, 1.165) is 12.2 Å². The van der Waals surface area contributed by atoms with E-state index in [4.69, 9.17) is 9.15 Å². The van der Waals surface area contributed by atoms with Crippen molar-refractivity contribution in [2.75, 3.05) is 18.9 Å². The third-order valence-electron chi connectivity index (χ3n) is 5.64. The highest BCUT2D eigenvalue weighted by molar-refractivity contribution is 7.92. The molecular formula is C24H26N2O5S. The van der Waals surface area contributed by atoms with Gasteiger partial charge in [-0.2, -0.15) is 0 Å². The summed E-state index contributed by atoms with van der Waals surface area (Å²) in [4.78, 5) is 14.4. The fourth-order valence-corrected chi connectivity index (χ4v) is 4.77. The standard InChI is InChI=1S/C24H26N2O5S/c1-16-13-20(16)22-12-11-18(31-22)15-26(2)24(27)17-7-6-8-19(14-17)32(28,29)25-21-9-4-5-10-23(21)30-3/h4-12,14,16,20,25H,13,15H2,1-3H3/t16-,20+/m0/s1. The molecule has 1 fully saturated rings. The van der Waals surface area contributed by atoms with E-state index in [0.29, 0.717) is 35.6 Å². The number of sulfonamides is 1. The number of amides is 1. The van der Waals surface area contributed by atoms with Crippen molar-refractivity contribution < 1.29 is 22.4 Å². The number of nitrogens with zero attached hydrogens (tertiary/aromatic N) is 1. The normalized spacial score (nSPS) is 17.6. The minimum atomic E-state index is -3.91. The molecule has 8 heteroatoms. The zero-order chi connectivity index (χ0) is 22.9. The van der Waals surface area contributed by atoms with Crippen LogP contribution in [0.2, 0.25) is 0 Å². The van der Waals surface area contributed by atoms with Crippen molar-refractivity contribution in [2.24, 2.45) is 5.92 Å². The monoisotopic (exact) mass is 454 g/mol. The fourth-order valence-electron chi connectivity index (χ4n) is 3.65. The first-order chi connectivity index (χ1) is 15.3. The number of hydrogen-bond acceptors (Lipinski definition) is 5. The highest BCUT2D eigenvalue weighted by atomic mass is 32.2. The minimum absolute atomic E-state index is 0.00865. The van der Waals surface area contributed by atoms with Gasteiger partial charge in [0.25, 0.3) is 15.9 Å². The molecule has 1 aliphatic rings. The van der Waals surface area contributed by atoms with E-state index in [1.165, 1.54) is 24.1 Å². The molecule has 1 N–H and O–H groups in total. The van der Waals surface area contributed by atoms with Crippen molar-refractivity contribution in [1.82, 2.24) is 4.90 Å². The molecule has 2 aromatic carbocycles. The van der Waals surface area contributed by atoms with Crippen LogP contribution in [0.5, 0.6) is 5.75 Å². The second-order valence-electron chi connectivity index (χ2n) is 8.12. The molecule has 1 aromatic heterocycles. The van der Waals surface area contributed by atoms with Crippen LogP contribution in [0.15, 0.2) is 70.0 Å². The Kier molecular flexibility index (Phi) is 5.97. The van der Waals surface area contributed by atoms with Crippen molar-refractivity contribution >= 4 is 21.6 Å². The van der Waals surface area contributed by atoms with Gasteiger partial charge in [0.1, 0.15) is 17.3 Å². The summed E-state index contributed by atoms with van der Waals surface area (Å²) < 4.78 is 39.4. The number of methoxy groups -OCH3 is 1. The zero-order valence-corrected chi connectivity index (χ0v) is 19.1. The van der Waals surface area contributed by atoms with Gasteiger partial charge in [-0.3, -0.25) is 9.52 Å². The molecule has 0 bridgehead atoms. The van der Waals surface area contributed by atoms with Crippen molar-refractivity contribution in [3.8, 4) is 5.75 Å². The molecule has 0 radical (unpaired) electrons. The molecule has 32 heavy (non-hydrogen) atoms. The summed E-state index contributed by atoms with van der Waals surface area (Å²) in [5.41, 5.74) is 0.598. The van der Waals surface area contributed by atoms with Crippen molar-refractivity contribution in [2.45, 2.75) is 30.7 Å². The number of ether oxygens (including phenoxy) is 1. The van der Waals surface area contributed by atoms with Crippen LogP contribution < -0.4 is 9.46 Å². The van der Waals surface area contributed by atoms with Crippen molar-refractivity contribution in [1.29, 1.82) is 0 Å². The lowest BCUT2D eigenvalue weighted by atomic mass is 10.2. The number of furan rings is 1. The zero-order valence-electron chi connectivity index (χ0n) is 18.2. The highest BCUT2D eigenvalue weighted by Crippen LogP contribution is 2.47. The third-order valence-corrected chi connectivity index (χ3v) is 7.00. The Labute approximate surface area is 188 Å². The van der Waals surface area contributed by atoms with Gasteiger partial charge in [-0.25, -0.2) is 8.42 Å². The summed E-state index contributed by atoms with van der Waals surface area (Å²) in [6.07, 6.45) is 1.13. The van der Waals surface area contributed by atoms with E-state index in [1.807, 2.05) is 12.1 Å². The molecular weight excluding hydrogens is 428 g/mol. The average molecular weight is 455 g/mol. The van der Waals surface area contributed by atoms with Crippen LogP contribution in [0.25, 0.3) is 0 Å². The van der Waals surface area contributed by atoms with E-state index in [9.17, 15) is 13.2 Å². The molecule has 7 nitrogen and oxygen atoms in total. The van der Waals surface area contributed by atoms with Gasteiger partial charge in [0, 0.05) is 18.5 Å². The predicted molar refractivity (Wildman–Crippen MR) is 121 cm³/mol. The number of benzene rings is 2. The topological polar surface area (TPSA) is 88.8 Å². The SMILES string of the molecule is COc1ccccc1NS(=O)(=O)c1cccc(C(=O)N(C)Cc2ccc([C@@H]3C[C@@H]3C)o2)c1. The van der Waals surface area contributed by atoms with Crippen LogP contribution in [0.1, 0.15) is 41.1 Å². The summed E-state index contributed by atoms with van der Waals surface area (Å²) in [7, 11) is -0.777.